The SMILES string of the molecule is Cl.O=C(Cn1cc(NC(=O)C2CCCNC2)cn1)NC1CC1. The number of piperidine rings is 1. The van der Waals surface area contributed by atoms with E-state index in [1.165, 1.54) is 0 Å². The second-order valence-corrected chi connectivity index (χ2v) is 5.80. The molecule has 7 nitrogen and oxygen atoms in total. The Kier molecular flexibility index (Phi) is 5.79. The molecule has 1 atom stereocenters. The fourth-order valence-electron chi connectivity index (χ4n) is 2.48. The van der Waals surface area contributed by atoms with E-state index in [0.717, 1.165) is 38.8 Å². The first-order chi connectivity index (χ1) is 10.2. The van der Waals surface area contributed by atoms with Crippen molar-refractivity contribution < 1.29 is 9.59 Å². The van der Waals surface area contributed by atoms with Crippen LogP contribution in [0.25, 0.3) is 0 Å². The average molecular weight is 328 g/mol. The van der Waals surface area contributed by atoms with Crippen molar-refractivity contribution in [1.29, 1.82) is 0 Å². The lowest BCUT2D eigenvalue weighted by molar-refractivity contribution is -0.122. The van der Waals surface area contributed by atoms with Crippen LogP contribution in [-0.4, -0.2) is 40.7 Å². The zero-order chi connectivity index (χ0) is 14.7. The highest BCUT2D eigenvalue weighted by Gasteiger charge is 2.23. The van der Waals surface area contributed by atoms with Gasteiger partial charge in [-0.1, -0.05) is 0 Å². The highest BCUT2D eigenvalue weighted by molar-refractivity contribution is 5.92. The lowest BCUT2D eigenvalue weighted by atomic mass is 9.99. The van der Waals surface area contributed by atoms with E-state index in [2.05, 4.69) is 21.0 Å². The number of carbonyl (C=O) groups is 2. The molecule has 1 aromatic rings. The van der Waals surface area contributed by atoms with Crippen molar-refractivity contribution in [2.75, 3.05) is 18.4 Å². The Morgan fingerprint density at radius 2 is 2.18 bits per heavy atom. The summed E-state index contributed by atoms with van der Waals surface area (Å²) >= 11 is 0. The quantitative estimate of drug-likeness (QED) is 0.736. The fraction of sp³-hybridized carbons (Fsp3) is 0.643. The lowest BCUT2D eigenvalue weighted by Crippen LogP contribution is -2.37. The molecule has 1 aliphatic heterocycles. The van der Waals surface area contributed by atoms with Crippen LogP contribution in [0.1, 0.15) is 25.7 Å². The van der Waals surface area contributed by atoms with E-state index in [4.69, 9.17) is 0 Å². The maximum atomic E-state index is 12.1. The van der Waals surface area contributed by atoms with Gasteiger partial charge in [0.2, 0.25) is 11.8 Å². The molecule has 0 radical (unpaired) electrons. The number of amides is 2. The Morgan fingerprint density at radius 1 is 1.36 bits per heavy atom. The minimum absolute atomic E-state index is 0. The van der Waals surface area contributed by atoms with Gasteiger partial charge in [-0.3, -0.25) is 14.3 Å². The van der Waals surface area contributed by atoms with Gasteiger partial charge in [0.15, 0.2) is 0 Å². The van der Waals surface area contributed by atoms with Crippen molar-refractivity contribution in [1.82, 2.24) is 20.4 Å². The minimum atomic E-state index is -0.0324. The Labute approximate surface area is 135 Å². The van der Waals surface area contributed by atoms with Gasteiger partial charge < -0.3 is 16.0 Å². The number of rotatable bonds is 5. The standard InChI is InChI=1S/C14H21N5O2.ClH/c20-13(17-11-3-4-11)9-19-8-12(7-16-19)18-14(21)10-2-1-5-15-6-10;/h7-8,10-11,15H,1-6,9H2,(H,17,20)(H,18,21);1H. The molecule has 3 rings (SSSR count). The van der Waals surface area contributed by atoms with E-state index in [9.17, 15) is 9.59 Å². The number of anilines is 1. The van der Waals surface area contributed by atoms with Gasteiger partial charge in [0.1, 0.15) is 6.54 Å². The number of aromatic nitrogens is 2. The normalized spacial score (nSPS) is 20.8. The smallest absolute Gasteiger partial charge is 0.241 e. The number of hydrogen-bond donors (Lipinski definition) is 3. The Morgan fingerprint density at radius 3 is 2.86 bits per heavy atom. The molecular weight excluding hydrogens is 306 g/mol. The zero-order valence-corrected chi connectivity index (χ0v) is 13.2. The average Bonchev–Trinajstić information content (AvgIpc) is 3.19. The van der Waals surface area contributed by atoms with Gasteiger partial charge in [-0.05, 0) is 32.2 Å². The summed E-state index contributed by atoms with van der Waals surface area (Å²) in [5.41, 5.74) is 0.643. The molecule has 22 heavy (non-hydrogen) atoms. The highest BCUT2D eigenvalue weighted by atomic mass is 35.5. The molecule has 0 spiro atoms. The van der Waals surface area contributed by atoms with E-state index in [0.29, 0.717) is 11.7 Å². The fourth-order valence-corrected chi connectivity index (χ4v) is 2.48. The Hall–Kier alpha value is -1.60. The van der Waals surface area contributed by atoms with E-state index in [1.807, 2.05) is 0 Å². The maximum Gasteiger partial charge on any atom is 0.241 e. The predicted molar refractivity (Wildman–Crippen MR) is 84.9 cm³/mol. The number of halogens is 1. The van der Waals surface area contributed by atoms with Crippen molar-refractivity contribution in [3.8, 4) is 0 Å². The van der Waals surface area contributed by atoms with Crippen LogP contribution in [-0.2, 0) is 16.1 Å². The molecule has 0 aromatic carbocycles. The van der Waals surface area contributed by atoms with Crippen LogP contribution in [0.15, 0.2) is 12.4 Å². The molecule has 1 aromatic heterocycles. The molecule has 1 aliphatic carbocycles. The number of carbonyl (C=O) groups excluding carboxylic acids is 2. The van der Waals surface area contributed by atoms with E-state index in [-0.39, 0.29) is 36.7 Å². The van der Waals surface area contributed by atoms with Gasteiger partial charge in [-0.15, -0.1) is 12.4 Å². The molecule has 1 unspecified atom stereocenters. The van der Waals surface area contributed by atoms with Gasteiger partial charge in [-0.2, -0.15) is 5.10 Å². The summed E-state index contributed by atoms with van der Waals surface area (Å²) in [7, 11) is 0. The Bertz CT molecular complexity index is 523. The molecule has 122 valence electrons. The first kappa shape index (κ1) is 16.8. The molecule has 2 fully saturated rings. The summed E-state index contributed by atoms with van der Waals surface area (Å²) in [5.74, 6) is -0.000552. The summed E-state index contributed by atoms with van der Waals surface area (Å²) in [6.07, 6.45) is 7.36. The third-order valence-corrected chi connectivity index (χ3v) is 3.82. The number of hydrogen-bond acceptors (Lipinski definition) is 4. The molecule has 8 heteroatoms. The van der Waals surface area contributed by atoms with Crippen molar-refractivity contribution in [2.45, 2.75) is 38.3 Å². The predicted octanol–water partition coefficient (Wildman–Crippen LogP) is 0.522. The summed E-state index contributed by atoms with van der Waals surface area (Å²) in [6.45, 7) is 1.90. The molecule has 2 amide bonds. The van der Waals surface area contributed by atoms with Crippen LogP contribution >= 0.6 is 12.4 Å². The van der Waals surface area contributed by atoms with Crippen LogP contribution in [0, 0.1) is 5.92 Å². The molecule has 2 aliphatic rings. The van der Waals surface area contributed by atoms with Crippen LogP contribution in [0.3, 0.4) is 0 Å². The Balaban J connectivity index is 0.00000176. The van der Waals surface area contributed by atoms with Gasteiger partial charge in [0, 0.05) is 18.8 Å². The van der Waals surface area contributed by atoms with E-state index >= 15 is 0 Å². The van der Waals surface area contributed by atoms with Crippen molar-refractivity contribution in [3.63, 3.8) is 0 Å². The van der Waals surface area contributed by atoms with Crippen molar-refractivity contribution >= 4 is 29.9 Å². The van der Waals surface area contributed by atoms with Gasteiger partial charge in [0.25, 0.3) is 0 Å². The van der Waals surface area contributed by atoms with Gasteiger partial charge in [-0.25, -0.2) is 0 Å². The minimum Gasteiger partial charge on any atom is -0.352 e. The summed E-state index contributed by atoms with van der Waals surface area (Å²) in [5, 5.41) is 13.1. The molecule has 3 N–H and O–H groups in total. The highest BCUT2D eigenvalue weighted by Crippen LogP contribution is 2.18. The summed E-state index contributed by atoms with van der Waals surface area (Å²) in [6, 6.07) is 0.353. The van der Waals surface area contributed by atoms with Crippen LogP contribution in [0.2, 0.25) is 0 Å². The van der Waals surface area contributed by atoms with Gasteiger partial charge >= 0.3 is 0 Å². The second kappa shape index (κ2) is 7.60. The summed E-state index contributed by atoms with van der Waals surface area (Å²) < 4.78 is 1.55. The van der Waals surface area contributed by atoms with E-state index in [1.54, 1.807) is 17.1 Å². The lowest BCUT2D eigenvalue weighted by Gasteiger charge is -2.21. The molecular formula is C14H22ClN5O2. The monoisotopic (exact) mass is 327 g/mol. The second-order valence-electron chi connectivity index (χ2n) is 5.80. The largest absolute Gasteiger partial charge is 0.352 e. The molecule has 1 saturated carbocycles. The third-order valence-electron chi connectivity index (χ3n) is 3.82. The van der Waals surface area contributed by atoms with Crippen molar-refractivity contribution in [3.05, 3.63) is 12.4 Å². The number of nitrogens with zero attached hydrogens (tertiary/aromatic N) is 2. The zero-order valence-electron chi connectivity index (χ0n) is 12.4. The third kappa shape index (κ3) is 4.71. The van der Waals surface area contributed by atoms with Crippen molar-refractivity contribution in [2.24, 2.45) is 5.92 Å². The first-order valence-corrected chi connectivity index (χ1v) is 7.54. The molecule has 0 bridgehead atoms. The maximum absolute atomic E-state index is 12.1. The summed E-state index contributed by atoms with van der Waals surface area (Å²) in [4.78, 5) is 23.8. The van der Waals surface area contributed by atoms with Crippen LogP contribution in [0.4, 0.5) is 5.69 Å². The topological polar surface area (TPSA) is 88.1 Å². The first-order valence-electron chi connectivity index (χ1n) is 7.54. The molecule has 1 saturated heterocycles. The van der Waals surface area contributed by atoms with Gasteiger partial charge in [0.05, 0.1) is 17.8 Å². The van der Waals surface area contributed by atoms with Crippen LogP contribution in [0.5, 0.6) is 0 Å². The van der Waals surface area contributed by atoms with E-state index < -0.39 is 0 Å². The number of nitrogens with one attached hydrogen (secondary N) is 3. The van der Waals surface area contributed by atoms with Crippen LogP contribution < -0.4 is 16.0 Å². The molecule has 2 heterocycles.